The lowest BCUT2D eigenvalue weighted by atomic mass is 9.88. The molecular weight excluding hydrogens is 434 g/mol. The Morgan fingerprint density at radius 1 is 1.26 bits per heavy atom. The molecule has 34 heavy (non-hydrogen) atoms. The van der Waals surface area contributed by atoms with Gasteiger partial charge in [0.15, 0.2) is 6.19 Å². The van der Waals surface area contributed by atoms with Crippen LogP contribution in [0.15, 0.2) is 35.3 Å². The fourth-order valence-electron chi connectivity index (χ4n) is 3.62. The summed E-state index contributed by atoms with van der Waals surface area (Å²) in [6, 6.07) is 9.14. The zero-order valence-electron chi connectivity index (χ0n) is 20.7. The minimum atomic E-state index is -0.823. The van der Waals surface area contributed by atoms with E-state index in [4.69, 9.17) is 9.47 Å². The van der Waals surface area contributed by atoms with Gasteiger partial charge in [0, 0.05) is 19.6 Å². The van der Waals surface area contributed by atoms with E-state index >= 15 is 0 Å². The summed E-state index contributed by atoms with van der Waals surface area (Å²) >= 11 is 0. The molecule has 1 aliphatic heterocycles. The molecule has 0 aromatic heterocycles. The third-order valence-corrected chi connectivity index (χ3v) is 5.25. The standard InChI is InChI=1S/C25H37N5O4/c1-5-34-24(32)28-23(29-14-16-33-17-15-29)27-21(18-25(2,3)4)22(31)30(19-26)13-9-12-20-10-7-6-8-11-20/h6-8,10-11,21H,5,9,12-18H2,1-4H3,(H,27,28,32). The highest BCUT2D eigenvalue weighted by Gasteiger charge is 2.30. The van der Waals surface area contributed by atoms with Gasteiger partial charge in [-0.1, -0.05) is 51.1 Å². The maximum atomic E-state index is 13.4. The van der Waals surface area contributed by atoms with Crippen LogP contribution in [0.2, 0.25) is 0 Å². The van der Waals surface area contributed by atoms with Gasteiger partial charge in [0.2, 0.25) is 5.96 Å². The lowest BCUT2D eigenvalue weighted by Gasteiger charge is -2.31. The number of hydrogen-bond acceptors (Lipinski definition) is 6. The molecule has 0 radical (unpaired) electrons. The SMILES string of the molecule is CCOC(=O)NC(=NC(CC(C)(C)C)C(=O)N(C#N)CCCc1ccccc1)N1CCOCC1. The number of amides is 2. The van der Waals surface area contributed by atoms with E-state index < -0.39 is 12.1 Å². The monoisotopic (exact) mass is 471 g/mol. The van der Waals surface area contributed by atoms with Crippen LogP contribution in [-0.2, 0) is 20.7 Å². The molecule has 1 N–H and O–H groups in total. The highest BCUT2D eigenvalue weighted by atomic mass is 16.5. The number of alkyl carbamates (subject to hydrolysis) is 1. The molecule has 186 valence electrons. The van der Waals surface area contributed by atoms with Crippen molar-refractivity contribution < 1.29 is 19.1 Å². The Morgan fingerprint density at radius 2 is 1.94 bits per heavy atom. The average molecular weight is 472 g/mol. The predicted octanol–water partition coefficient (Wildman–Crippen LogP) is 3.17. The van der Waals surface area contributed by atoms with E-state index in [2.05, 4.69) is 10.3 Å². The van der Waals surface area contributed by atoms with E-state index in [1.165, 1.54) is 4.90 Å². The molecule has 1 aromatic carbocycles. The maximum Gasteiger partial charge on any atom is 0.413 e. The van der Waals surface area contributed by atoms with Gasteiger partial charge in [0.1, 0.15) is 6.04 Å². The van der Waals surface area contributed by atoms with Crippen LogP contribution in [0.4, 0.5) is 4.79 Å². The van der Waals surface area contributed by atoms with Gasteiger partial charge in [0.05, 0.1) is 19.8 Å². The van der Waals surface area contributed by atoms with E-state index in [1.807, 2.05) is 62.2 Å². The van der Waals surface area contributed by atoms with Gasteiger partial charge in [-0.3, -0.25) is 10.1 Å². The number of benzene rings is 1. The fraction of sp³-hybridized carbons (Fsp3) is 0.600. The van der Waals surface area contributed by atoms with E-state index in [1.54, 1.807) is 6.92 Å². The van der Waals surface area contributed by atoms with Gasteiger partial charge in [-0.15, -0.1) is 0 Å². The minimum absolute atomic E-state index is 0.218. The number of hydrogen-bond donors (Lipinski definition) is 1. The Kier molecular flexibility index (Phi) is 10.8. The summed E-state index contributed by atoms with van der Waals surface area (Å²) in [6.07, 6.45) is 3.25. The second-order valence-corrected chi connectivity index (χ2v) is 9.36. The van der Waals surface area contributed by atoms with Gasteiger partial charge in [-0.05, 0) is 37.2 Å². The number of morpholine rings is 1. The van der Waals surface area contributed by atoms with Gasteiger partial charge in [-0.2, -0.15) is 5.26 Å². The summed E-state index contributed by atoms with van der Waals surface area (Å²) in [4.78, 5) is 33.3. The molecule has 1 unspecified atom stereocenters. The van der Waals surface area contributed by atoms with Crippen molar-refractivity contribution >= 4 is 18.0 Å². The van der Waals surface area contributed by atoms with Gasteiger partial charge in [-0.25, -0.2) is 14.7 Å². The van der Waals surface area contributed by atoms with Crippen molar-refractivity contribution in [1.82, 2.24) is 15.1 Å². The largest absolute Gasteiger partial charge is 0.450 e. The number of nitrogens with zero attached hydrogens (tertiary/aromatic N) is 4. The first-order valence-corrected chi connectivity index (χ1v) is 11.8. The van der Waals surface area contributed by atoms with Crippen LogP contribution in [0, 0.1) is 16.9 Å². The molecule has 1 fully saturated rings. The van der Waals surface area contributed by atoms with E-state index in [0.717, 1.165) is 12.0 Å². The highest BCUT2D eigenvalue weighted by molar-refractivity contribution is 5.96. The van der Waals surface area contributed by atoms with Crippen LogP contribution in [0.25, 0.3) is 0 Å². The zero-order chi connectivity index (χ0) is 25.0. The van der Waals surface area contributed by atoms with Crippen molar-refractivity contribution in [2.24, 2.45) is 10.4 Å². The first-order chi connectivity index (χ1) is 16.2. The number of aliphatic imine (C=N–C) groups is 1. The molecule has 2 amide bonds. The van der Waals surface area contributed by atoms with Crippen molar-refractivity contribution in [2.45, 2.75) is 53.0 Å². The maximum absolute atomic E-state index is 13.4. The first kappa shape index (κ1) is 27.1. The number of nitriles is 1. The summed E-state index contributed by atoms with van der Waals surface area (Å²) < 4.78 is 10.4. The molecule has 1 atom stereocenters. The normalized spacial score (nSPS) is 15.3. The van der Waals surface area contributed by atoms with E-state index in [-0.39, 0.29) is 23.9 Å². The molecule has 9 nitrogen and oxygen atoms in total. The number of carbonyl (C=O) groups is 2. The second kappa shape index (κ2) is 13.6. The van der Waals surface area contributed by atoms with Gasteiger partial charge >= 0.3 is 6.09 Å². The van der Waals surface area contributed by atoms with Crippen molar-refractivity contribution in [1.29, 1.82) is 5.26 Å². The van der Waals surface area contributed by atoms with Crippen molar-refractivity contribution in [2.75, 3.05) is 39.5 Å². The molecule has 0 spiro atoms. The molecule has 1 aliphatic rings. The predicted molar refractivity (Wildman–Crippen MR) is 130 cm³/mol. The number of ether oxygens (including phenoxy) is 2. The summed E-state index contributed by atoms with van der Waals surface area (Å²) in [6.45, 7) is 10.3. The average Bonchev–Trinajstić information content (AvgIpc) is 2.81. The van der Waals surface area contributed by atoms with Crippen molar-refractivity contribution in [3.8, 4) is 6.19 Å². The van der Waals surface area contributed by atoms with Crippen LogP contribution in [0.5, 0.6) is 0 Å². The third kappa shape index (κ3) is 9.40. The number of rotatable bonds is 8. The van der Waals surface area contributed by atoms with Crippen LogP contribution in [0.1, 0.15) is 46.1 Å². The molecule has 1 aromatic rings. The summed E-state index contributed by atoms with van der Waals surface area (Å²) in [7, 11) is 0. The van der Waals surface area contributed by atoms with E-state index in [0.29, 0.717) is 45.7 Å². The van der Waals surface area contributed by atoms with Crippen LogP contribution >= 0.6 is 0 Å². The van der Waals surface area contributed by atoms with Crippen LogP contribution in [0.3, 0.4) is 0 Å². The molecule has 1 saturated heterocycles. The first-order valence-electron chi connectivity index (χ1n) is 11.8. The number of guanidine groups is 1. The Hall–Kier alpha value is -3.12. The summed E-state index contributed by atoms with van der Waals surface area (Å²) in [5, 5.41) is 12.4. The molecular formula is C25H37N5O4. The van der Waals surface area contributed by atoms with E-state index in [9.17, 15) is 14.9 Å². The second-order valence-electron chi connectivity index (χ2n) is 9.36. The van der Waals surface area contributed by atoms with Crippen molar-refractivity contribution in [3.63, 3.8) is 0 Å². The molecule has 9 heteroatoms. The Balaban J connectivity index is 2.22. The smallest absolute Gasteiger partial charge is 0.413 e. The van der Waals surface area contributed by atoms with Crippen LogP contribution in [-0.4, -0.2) is 73.3 Å². The number of carbonyl (C=O) groups excluding carboxylic acids is 2. The number of aryl methyl sites for hydroxylation is 1. The minimum Gasteiger partial charge on any atom is -0.450 e. The lowest BCUT2D eigenvalue weighted by molar-refractivity contribution is -0.130. The van der Waals surface area contributed by atoms with Crippen LogP contribution < -0.4 is 5.32 Å². The highest BCUT2D eigenvalue weighted by Crippen LogP contribution is 2.24. The van der Waals surface area contributed by atoms with Crippen molar-refractivity contribution in [3.05, 3.63) is 35.9 Å². The Labute approximate surface area is 202 Å². The topological polar surface area (TPSA) is 107 Å². The number of nitrogens with one attached hydrogen (secondary N) is 1. The summed E-state index contributed by atoms with van der Waals surface area (Å²) in [5.41, 5.74) is 0.931. The van der Waals surface area contributed by atoms with Gasteiger partial charge in [0.25, 0.3) is 5.91 Å². The molecule has 1 heterocycles. The fourth-order valence-corrected chi connectivity index (χ4v) is 3.62. The molecule has 0 aliphatic carbocycles. The quantitative estimate of drug-likeness (QED) is 0.270. The summed E-state index contributed by atoms with van der Waals surface area (Å²) in [5.74, 6) is -0.103. The molecule has 2 rings (SSSR count). The molecule has 0 bridgehead atoms. The Bertz CT molecular complexity index is 854. The molecule has 0 saturated carbocycles. The van der Waals surface area contributed by atoms with Gasteiger partial charge < -0.3 is 14.4 Å². The lowest BCUT2D eigenvalue weighted by Crippen LogP contribution is -2.50. The third-order valence-electron chi connectivity index (χ3n) is 5.25. The Morgan fingerprint density at radius 3 is 2.53 bits per heavy atom. The zero-order valence-corrected chi connectivity index (χ0v) is 20.7.